The molecule has 200 valence electrons. The maximum absolute atomic E-state index is 12.5. The molecule has 5 N–H and O–H groups in total. The van der Waals surface area contributed by atoms with Crippen molar-refractivity contribution in [3.05, 3.63) is 78.1 Å². The predicted molar refractivity (Wildman–Crippen MR) is 145 cm³/mol. The van der Waals surface area contributed by atoms with Crippen molar-refractivity contribution in [2.75, 3.05) is 32.0 Å². The van der Waals surface area contributed by atoms with Crippen LogP contribution in [0.2, 0.25) is 0 Å². The van der Waals surface area contributed by atoms with Crippen LogP contribution in [0.15, 0.2) is 71.3 Å². The molecular formula is C28H31N3O7. The number of anilines is 2. The Hall–Kier alpha value is -4.70. The van der Waals surface area contributed by atoms with E-state index in [9.17, 15) is 4.79 Å². The van der Waals surface area contributed by atoms with Crippen molar-refractivity contribution in [3.63, 3.8) is 0 Å². The van der Waals surface area contributed by atoms with Crippen LogP contribution in [0.3, 0.4) is 0 Å². The van der Waals surface area contributed by atoms with E-state index < -0.39 is 5.97 Å². The summed E-state index contributed by atoms with van der Waals surface area (Å²) in [5.74, 6) is 1.07. The molecule has 0 saturated heterocycles. The second-order valence-corrected chi connectivity index (χ2v) is 8.22. The van der Waals surface area contributed by atoms with Crippen molar-refractivity contribution in [2.45, 2.75) is 19.4 Å². The van der Waals surface area contributed by atoms with E-state index in [1.165, 1.54) is 0 Å². The number of nitrogens with two attached hydrogens (primary N) is 1. The van der Waals surface area contributed by atoms with Crippen molar-refractivity contribution in [1.82, 2.24) is 0 Å². The number of benzene rings is 3. The normalized spacial score (nSPS) is 11.1. The Morgan fingerprint density at radius 2 is 1.55 bits per heavy atom. The summed E-state index contributed by atoms with van der Waals surface area (Å²) in [4.78, 5) is 21.5. The number of hydrogen-bond donors (Lipinski definition) is 4. The first-order valence-electron chi connectivity index (χ1n) is 11.6. The number of ether oxygens (including phenoxy) is 3. The Balaban J connectivity index is 0.000000934. The van der Waals surface area contributed by atoms with Crippen LogP contribution in [-0.2, 0) is 11.2 Å². The first kappa shape index (κ1) is 27.9. The lowest BCUT2D eigenvalue weighted by Gasteiger charge is -2.19. The van der Waals surface area contributed by atoms with E-state index in [0.717, 1.165) is 29.0 Å². The molecule has 38 heavy (non-hydrogen) atoms. The Bertz CT molecular complexity index is 1370. The molecule has 2 amide bonds. The Kier molecular flexibility index (Phi) is 9.55. The summed E-state index contributed by atoms with van der Waals surface area (Å²) in [6.45, 7) is 1.08. The Morgan fingerprint density at radius 1 is 0.921 bits per heavy atom. The van der Waals surface area contributed by atoms with E-state index >= 15 is 0 Å². The third kappa shape index (κ3) is 7.40. The molecule has 10 nitrogen and oxygen atoms in total. The number of furan rings is 1. The zero-order valence-corrected chi connectivity index (χ0v) is 21.6. The zero-order valence-electron chi connectivity index (χ0n) is 21.6. The van der Waals surface area contributed by atoms with Gasteiger partial charge < -0.3 is 40.1 Å². The van der Waals surface area contributed by atoms with Gasteiger partial charge in [-0.2, -0.15) is 0 Å². The topological polar surface area (TPSA) is 145 Å². The van der Waals surface area contributed by atoms with Gasteiger partial charge in [-0.3, -0.25) is 4.79 Å². The van der Waals surface area contributed by atoms with Crippen LogP contribution in [0.1, 0.15) is 24.1 Å². The smallest absolute Gasteiger partial charge is 0.323 e. The number of aliphatic carboxylic acids is 1. The van der Waals surface area contributed by atoms with E-state index in [4.69, 9.17) is 34.3 Å². The van der Waals surface area contributed by atoms with Gasteiger partial charge in [0.1, 0.15) is 22.8 Å². The molecule has 0 aliphatic heterocycles. The van der Waals surface area contributed by atoms with Gasteiger partial charge in [0.05, 0.1) is 27.6 Å². The summed E-state index contributed by atoms with van der Waals surface area (Å²) < 4.78 is 21.7. The fourth-order valence-corrected chi connectivity index (χ4v) is 3.80. The number of urea groups is 1. The van der Waals surface area contributed by atoms with Gasteiger partial charge in [-0.1, -0.05) is 12.1 Å². The van der Waals surface area contributed by atoms with E-state index in [1.54, 1.807) is 45.8 Å². The van der Waals surface area contributed by atoms with Gasteiger partial charge >= 0.3 is 6.03 Å². The van der Waals surface area contributed by atoms with Crippen molar-refractivity contribution in [1.29, 1.82) is 0 Å². The minimum absolute atomic E-state index is 0.355. The highest BCUT2D eigenvalue weighted by Crippen LogP contribution is 2.36. The molecule has 3 aromatic carbocycles. The molecule has 1 aromatic heterocycles. The average molecular weight is 522 g/mol. The number of carbonyl (C=O) groups is 2. The number of carboxylic acids is 1. The van der Waals surface area contributed by atoms with Crippen molar-refractivity contribution in [2.24, 2.45) is 5.73 Å². The molecule has 10 heteroatoms. The highest BCUT2D eigenvalue weighted by molar-refractivity contribution is 6.00. The lowest BCUT2D eigenvalue weighted by molar-refractivity contribution is -0.134. The van der Waals surface area contributed by atoms with Crippen molar-refractivity contribution < 1.29 is 33.3 Å². The third-order valence-electron chi connectivity index (χ3n) is 5.52. The molecule has 0 spiro atoms. The van der Waals surface area contributed by atoms with E-state index in [2.05, 4.69) is 10.6 Å². The lowest BCUT2D eigenvalue weighted by Crippen LogP contribution is -2.20. The summed E-state index contributed by atoms with van der Waals surface area (Å²) in [6, 6.07) is 17.6. The summed E-state index contributed by atoms with van der Waals surface area (Å²) in [7, 11) is 4.78. The molecule has 4 aromatic rings. The number of carbonyl (C=O) groups excluding carboxylic acids is 1. The van der Waals surface area contributed by atoms with Crippen molar-refractivity contribution >= 4 is 34.3 Å². The Labute approximate surface area is 220 Å². The summed E-state index contributed by atoms with van der Waals surface area (Å²) in [5.41, 5.74) is 10.3. The van der Waals surface area contributed by atoms with Crippen LogP contribution in [0.5, 0.6) is 17.2 Å². The van der Waals surface area contributed by atoms with Crippen LogP contribution >= 0.6 is 0 Å². The molecule has 1 atom stereocenters. The number of hydrogen-bond acceptors (Lipinski definition) is 7. The van der Waals surface area contributed by atoms with Crippen LogP contribution in [-0.4, -0.2) is 38.4 Å². The SMILES string of the molecule is CC(=O)O.COc1cc(OC)c(CC(N)c2cccc(NC(=O)Nc3ccc4occc4c3)c2)c(OC)c1. The monoisotopic (exact) mass is 521 g/mol. The molecule has 0 saturated carbocycles. The predicted octanol–water partition coefficient (Wildman–Crippen LogP) is 5.44. The number of amides is 2. The zero-order chi connectivity index (χ0) is 27.7. The van der Waals surface area contributed by atoms with E-state index in [-0.39, 0.29) is 12.1 Å². The van der Waals surface area contributed by atoms with Crippen LogP contribution < -0.4 is 30.6 Å². The Morgan fingerprint density at radius 3 is 2.16 bits per heavy atom. The number of carboxylic acid groups (broad SMARTS) is 1. The van der Waals surface area contributed by atoms with Gasteiger partial charge in [0, 0.05) is 47.4 Å². The largest absolute Gasteiger partial charge is 0.496 e. The van der Waals surface area contributed by atoms with Gasteiger partial charge in [-0.05, 0) is 48.4 Å². The van der Waals surface area contributed by atoms with Gasteiger partial charge in [-0.15, -0.1) is 0 Å². The maximum Gasteiger partial charge on any atom is 0.323 e. The van der Waals surface area contributed by atoms with Gasteiger partial charge in [0.25, 0.3) is 5.97 Å². The number of rotatable bonds is 8. The number of methoxy groups -OCH3 is 3. The van der Waals surface area contributed by atoms with E-state index in [1.807, 2.05) is 42.5 Å². The number of fused-ring (bicyclic) bond motifs is 1. The first-order valence-corrected chi connectivity index (χ1v) is 11.6. The van der Waals surface area contributed by atoms with Gasteiger partial charge in [0.15, 0.2) is 0 Å². The average Bonchev–Trinajstić information content (AvgIpc) is 3.36. The molecule has 4 rings (SSSR count). The highest BCUT2D eigenvalue weighted by Gasteiger charge is 2.18. The molecule has 0 radical (unpaired) electrons. The summed E-state index contributed by atoms with van der Waals surface area (Å²) in [6.07, 6.45) is 2.08. The molecule has 1 heterocycles. The second kappa shape index (κ2) is 13.0. The molecule has 0 aliphatic carbocycles. The fourth-order valence-electron chi connectivity index (χ4n) is 3.80. The molecule has 0 bridgehead atoms. The lowest BCUT2D eigenvalue weighted by atomic mass is 9.97. The van der Waals surface area contributed by atoms with Crippen LogP contribution in [0, 0.1) is 0 Å². The molecule has 0 fully saturated rings. The van der Waals surface area contributed by atoms with Crippen LogP contribution in [0.25, 0.3) is 11.0 Å². The maximum atomic E-state index is 12.5. The highest BCUT2D eigenvalue weighted by atomic mass is 16.5. The molecular weight excluding hydrogens is 490 g/mol. The number of nitrogens with one attached hydrogen (secondary N) is 2. The summed E-state index contributed by atoms with van der Waals surface area (Å²) in [5, 5.41) is 14.0. The van der Waals surface area contributed by atoms with Gasteiger partial charge in [-0.25, -0.2) is 4.79 Å². The van der Waals surface area contributed by atoms with Gasteiger partial charge in [0.2, 0.25) is 0 Å². The second-order valence-electron chi connectivity index (χ2n) is 8.22. The third-order valence-corrected chi connectivity index (χ3v) is 5.52. The van der Waals surface area contributed by atoms with Crippen LogP contribution in [0.4, 0.5) is 16.2 Å². The molecule has 0 aliphatic rings. The molecule has 1 unspecified atom stereocenters. The van der Waals surface area contributed by atoms with E-state index in [0.29, 0.717) is 35.0 Å². The standard InChI is InChI=1S/C26H27N3O5.C2H4O2/c1-31-20-13-24(32-2)21(25(14-20)33-3)15-22(27)16-5-4-6-18(11-16)28-26(30)29-19-7-8-23-17(12-19)9-10-34-23;1-2(3)4/h4-14,22H,15,27H2,1-3H3,(H2,28,29,30);1H3,(H,3,4). The first-order chi connectivity index (χ1) is 18.2. The minimum Gasteiger partial charge on any atom is -0.496 e. The minimum atomic E-state index is -0.833. The quantitative estimate of drug-likeness (QED) is 0.240. The van der Waals surface area contributed by atoms with Crippen molar-refractivity contribution in [3.8, 4) is 17.2 Å². The summed E-state index contributed by atoms with van der Waals surface area (Å²) >= 11 is 0. The fraction of sp³-hybridized carbons (Fsp3) is 0.214.